The Kier molecular flexibility index (Phi) is 6.26. The van der Waals surface area contributed by atoms with E-state index in [-0.39, 0.29) is 5.56 Å². The fourth-order valence-electron chi connectivity index (χ4n) is 3.30. The van der Waals surface area contributed by atoms with Crippen molar-refractivity contribution in [2.45, 2.75) is 25.3 Å². The van der Waals surface area contributed by atoms with E-state index in [0.717, 1.165) is 12.0 Å². The zero-order chi connectivity index (χ0) is 20.1. The van der Waals surface area contributed by atoms with Crippen molar-refractivity contribution in [3.63, 3.8) is 0 Å². The summed E-state index contributed by atoms with van der Waals surface area (Å²) in [6, 6.07) is 10.7. The SMILES string of the molecule is COC(=O)[C@@H]1CCCN1C(=O)c1cc(Oc2ccc(CCN)cc2)ccc1F. The lowest BCUT2D eigenvalue weighted by Crippen LogP contribution is -2.41. The smallest absolute Gasteiger partial charge is 0.328 e. The minimum absolute atomic E-state index is 0.131. The second-order valence-electron chi connectivity index (χ2n) is 6.61. The van der Waals surface area contributed by atoms with E-state index >= 15 is 0 Å². The van der Waals surface area contributed by atoms with Gasteiger partial charge in [0.25, 0.3) is 5.91 Å². The molecule has 6 nitrogen and oxygen atoms in total. The van der Waals surface area contributed by atoms with Crippen molar-refractivity contribution in [1.82, 2.24) is 4.90 Å². The number of nitrogens with zero attached hydrogens (tertiary/aromatic N) is 1. The molecule has 0 aromatic heterocycles. The first-order valence-corrected chi connectivity index (χ1v) is 9.18. The van der Waals surface area contributed by atoms with E-state index in [1.54, 1.807) is 12.1 Å². The number of benzene rings is 2. The van der Waals surface area contributed by atoms with Gasteiger partial charge in [0.2, 0.25) is 0 Å². The zero-order valence-electron chi connectivity index (χ0n) is 15.7. The normalized spacial score (nSPS) is 16.1. The predicted octanol–water partition coefficient (Wildman–Crippen LogP) is 2.90. The predicted molar refractivity (Wildman–Crippen MR) is 102 cm³/mol. The lowest BCUT2D eigenvalue weighted by Gasteiger charge is -2.23. The van der Waals surface area contributed by atoms with Crippen molar-refractivity contribution >= 4 is 11.9 Å². The second-order valence-corrected chi connectivity index (χ2v) is 6.61. The van der Waals surface area contributed by atoms with Gasteiger partial charge in [-0.1, -0.05) is 12.1 Å². The molecule has 1 atom stereocenters. The third-order valence-electron chi connectivity index (χ3n) is 4.75. The Bertz CT molecular complexity index is 854. The molecule has 28 heavy (non-hydrogen) atoms. The van der Waals surface area contributed by atoms with Gasteiger partial charge >= 0.3 is 5.97 Å². The number of carbonyl (C=O) groups is 2. The lowest BCUT2D eigenvalue weighted by atomic mass is 10.1. The molecular weight excluding hydrogens is 363 g/mol. The summed E-state index contributed by atoms with van der Waals surface area (Å²) < 4.78 is 24.8. The van der Waals surface area contributed by atoms with Crippen LogP contribution in [0.5, 0.6) is 11.5 Å². The summed E-state index contributed by atoms with van der Waals surface area (Å²) in [6.45, 7) is 0.943. The lowest BCUT2D eigenvalue weighted by molar-refractivity contribution is -0.145. The second kappa shape index (κ2) is 8.84. The summed E-state index contributed by atoms with van der Waals surface area (Å²) in [6.07, 6.45) is 1.94. The minimum atomic E-state index is -0.684. The molecule has 0 spiro atoms. The molecule has 1 saturated heterocycles. The van der Waals surface area contributed by atoms with Gasteiger partial charge in [0.15, 0.2) is 0 Å². The number of rotatable bonds is 6. The van der Waals surface area contributed by atoms with Gasteiger partial charge in [-0.05, 0) is 61.7 Å². The van der Waals surface area contributed by atoms with Gasteiger partial charge in [-0.15, -0.1) is 0 Å². The molecule has 0 radical (unpaired) electrons. The van der Waals surface area contributed by atoms with Gasteiger partial charge in [0, 0.05) is 6.54 Å². The van der Waals surface area contributed by atoms with Crippen LogP contribution in [0.25, 0.3) is 0 Å². The van der Waals surface area contributed by atoms with Crippen LogP contribution < -0.4 is 10.5 Å². The van der Waals surface area contributed by atoms with E-state index in [0.29, 0.717) is 37.4 Å². The van der Waals surface area contributed by atoms with Gasteiger partial charge in [0.1, 0.15) is 23.4 Å². The Morgan fingerprint density at radius 2 is 1.89 bits per heavy atom. The van der Waals surface area contributed by atoms with Crippen molar-refractivity contribution in [3.05, 3.63) is 59.4 Å². The topological polar surface area (TPSA) is 81.9 Å². The summed E-state index contributed by atoms with van der Waals surface area (Å²) >= 11 is 0. The molecule has 0 saturated carbocycles. The molecule has 0 aliphatic carbocycles. The molecule has 0 unspecified atom stereocenters. The van der Waals surface area contributed by atoms with E-state index in [9.17, 15) is 14.0 Å². The Labute approximate surface area is 163 Å². The summed E-state index contributed by atoms with van der Waals surface area (Å²) in [5.74, 6) is -0.791. The average molecular weight is 386 g/mol. The molecule has 2 aromatic carbocycles. The number of nitrogens with two attached hydrogens (primary N) is 1. The maximum absolute atomic E-state index is 14.3. The molecule has 1 heterocycles. The summed E-state index contributed by atoms with van der Waals surface area (Å²) in [4.78, 5) is 26.1. The molecule has 7 heteroatoms. The fraction of sp³-hybridized carbons (Fsp3) is 0.333. The first-order chi connectivity index (χ1) is 13.5. The quantitative estimate of drug-likeness (QED) is 0.772. The van der Waals surface area contributed by atoms with Crippen molar-refractivity contribution in [3.8, 4) is 11.5 Å². The molecule has 2 N–H and O–H groups in total. The van der Waals surface area contributed by atoms with Crippen molar-refractivity contribution in [1.29, 1.82) is 0 Å². The summed E-state index contributed by atoms with van der Waals surface area (Å²) in [7, 11) is 1.27. The van der Waals surface area contributed by atoms with Gasteiger partial charge < -0.3 is 20.1 Å². The third-order valence-corrected chi connectivity index (χ3v) is 4.75. The van der Waals surface area contributed by atoms with E-state index in [4.69, 9.17) is 15.2 Å². The van der Waals surface area contributed by atoms with Gasteiger partial charge in [-0.2, -0.15) is 0 Å². The number of hydrogen-bond donors (Lipinski definition) is 1. The van der Waals surface area contributed by atoms with E-state index < -0.39 is 23.7 Å². The third kappa shape index (κ3) is 4.31. The maximum atomic E-state index is 14.3. The maximum Gasteiger partial charge on any atom is 0.328 e. The van der Waals surface area contributed by atoms with E-state index in [1.807, 2.05) is 12.1 Å². The molecule has 0 bridgehead atoms. The van der Waals surface area contributed by atoms with Gasteiger partial charge in [0.05, 0.1) is 12.7 Å². The highest BCUT2D eigenvalue weighted by molar-refractivity contribution is 5.97. The Morgan fingerprint density at radius 3 is 2.57 bits per heavy atom. The first-order valence-electron chi connectivity index (χ1n) is 9.18. The van der Waals surface area contributed by atoms with Crippen LogP contribution in [-0.4, -0.2) is 43.0 Å². The number of esters is 1. The Morgan fingerprint density at radius 1 is 1.18 bits per heavy atom. The molecule has 2 aromatic rings. The molecule has 3 rings (SSSR count). The zero-order valence-corrected chi connectivity index (χ0v) is 15.7. The van der Waals surface area contributed by atoms with Crippen molar-refractivity contribution < 1.29 is 23.5 Å². The molecule has 1 amide bonds. The van der Waals surface area contributed by atoms with Crippen LogP contribution >= 0.6 is 0 Å². The number of ether oxygens (including phenoxy) is 2. The van der Waals surface area contributed by atoms with Gasteiger partial charge in [-0.25, -0.2) is 9.18 Å². The highest BCUT2D eigenvalue weighted by Crippen LogP contribution is 2.27. The first kappa shape index (κ1) is 19.8. The number of halogens is 1. The number of amides is 1. The van der Waals surface area contributed by atoms with E-state index in [1.165, 1.54) is 30.2 Å². The fourth-order valence-corrected chi connectivity index (χ4v) is 3.30. The standard InChI is InChI=1S/C21H23FN2O4/c1-27-21(26)19-3-2-12-24(19)20(25)17-13-16(8-9-18(17)22)28-15-6-4-14(5-7-15)10-11-23/h4-9,13,19H,2-3,10-12,23H2,1H3/t19-/m0/s1. The average Bonchev–Trinajstić information content (AvgIpc) is 3.20. The minimum Gasteiger partial charge on any atom is -0.467 e. The highest BCUT2D eigenvalue weighted by Gasteiger charge is 2.36. The van der Waals surface area contributed by atoms with Crippen molar-refractivity contribution in [2.75, 3.05) is 20.2 Å². The van der Waals surface area contributed by atoms with Crippen LogP contribution in [-0.2, 0) is 16.0 Å². The van der Waals surface area contributed by atoms with E-state index in [2.05, 4.69) is 0 Å². The number of carbonyl (C=O) groups excluding carboxylic acids is 2. The highest BCUT2D eigenvalue weighted by atomic mass is 19.1. The number of likely N-dealkylation sites (tertiary alicyclic amines) is 1. The number of hydrogen-bond acceptors (Lipinski definition) is 5. The summed E-state index contributed by atoms with van der Waals surface area (Å²) in [5.41, 5.74) is 6.50. The Balaban J connectivity index is 1.79. The monoisotopic (exact) mass is 386 g/mol. The number of methoxy groups -OCH3 is 1. The molecule has 1 aliphatic heterocycles. The largest absolute Gasteiger partial charge is 0.467 e. The molecule has 148 valence electrons. The van der Waals surface area contributed by atoms with Crippen LogP contribution in [0.1, 0.15) is 28.8 Å². The van der Waals surface area contributed by atoms with Crippen LogP contribution in [0, 0.1) is 5.82 Å². The van der Waals surface area contributed by atoms with Crippen LogP contribution in [0.2, 0.25) is 0 Å². The summed E-state index contributed by atoms with van der Waals surface area (Å²) in [5, 5.41) is 0. The Hall–Kier alpha value is -2.93. The van der Waals surface area contributed by atoms with Crippen LogP contribution in [0.15, 0.2) is 42.5 Å². The molecule has 1 fully saturated rings. The molecule has 1 aliphatic rings. The van der Waals surface area contributed by atoms with Crippen LogP contribution in [0.4, 0.5) is 4.39 Å². The van der Waals surface area contributed by atoms with Crippen molar-refractivity contribution in [2.24, 2.45) is 5.73 Å². The van der Waals surface area contributed by atoms with Crippen LogP contribution in [0.3, 0.4) is 0 Å². The molecular formula is C21H23FN2O4. The van der Waals surface area contributed by atoms with Gasteiger partial charge in [-0.3, -0.25) is 4.79 Å².